The lowest BCUT2D eigenvalue weighted by Gasteiger charge is -2.12. The number of ether oxygens (including phenoxy) is 1. The Hall–Kier alpha value is -2.94. The molecule has 9 heteroatoms. The van der Waals surface area contributed by atoms with Gasteiger partial charge in [-0.3, -0.25) is 4.99 Å². The monoisotopic (exact) mass is 414 g/mol. The summed E-state index contributed by atoms with van der Waals surface area (Å²) in [5.41, 5.74) is 4.26. The molecular formula is C21H24F2N6O. The van der Waals surface area contributed by atoms with Crippen molar-refractivity contribution in [3.05, 3.63) is 36.3 Å². The predicted molar refractivity (Wildman–Crippen MR) is 112 cm³/mol. The average Bonchev–Trinajstić information content (AvgIpc) is 3.25. The van der Waals surface area contributed by atoms with E-state index in [0.717, 1.165) is 11.1 Å². The van der Waals surface area contributed by atoms with Crippen LogP contribution in [0.4, 0.5) is 20.4 Å². The summed E-state index contributed by atoms with van der Waals surface area (Å²) in [4.78, 5) is 13.5. The lowest BCUT2D eigenvalue weighted by Crippen LogP contribution is -2.15. The number of nitrogens with zero attached hydrogens (tertiary/aromatic N) is 5. The topological polar surface area (TPSA) is 76.7 Å². The van der Waals surface area contributed by atoms with E-state index in [9.17, 15) is 8.78 Å². The van der Waals surface area contributed by atoms with E-state index in [-0.39, 0.29) is 12.5 Å². The Kier molecular flexibility index (Phi) is 5.72. The second kappa shape index (κ2) is 8.43. The van der Waals surface area contributed by atoms with Gasteiger partial charge in [-0.15, -0.1) is 5.10 Å². The van der Waals surface area contributed by atoms with Crippen LogP contribution < -0.4 is 5.32 Å². The van der Waals surface area contributed by atoms with Gasteiger partial charge in [0.2, 0.25) is 12.4 Å². The minimum absolute atomic E-state index is 0.177. The maximum absolute atomic E-state index is 13.0. The quantitative estimate of drug-likeness (QED) is 0.550. The van der Waals surface area contributed by atoms with E-state index in [2.05, 4.69) is 25.4 Å². The minimum Gasteiger partial charge on any atom is -0.377 e. The van der Waals surface area contributed by atoms with Gasteiger partial charge >= 0.3 is 0 Å². The largest absolute Gasteiger partial charge is 0.377 e. The van der Waals surface area contributed by atoms with Gasteiger partial charge in [-0.2, -0.15) is 0 Å². The van der Waals surface area contributed by atoms with Crippen LogP contribution in [0, 0.1) is 0 Å². The summed E-state index contributed by atoms with van der Waals surface area (Å²) in [7, 11) is 0. The maximum Gasteiger partial charge on any atom is 0.241 e. The normalized spacial score (nSPS) is 15.8. The first kappa shape index (κ1) is 20.3. The number of fused-ring (bicyclic) bond motifs is 2. The summed E-state index contributed by atoms with van der Waals surface area (Å²) < 4.78 is 33.2. The van der Waals surface area contributed by atoms with E-state index in [4.69, 9.17) is 4.74 Å². The number of rotatable bonds is 8. The zero-order valence-corrected chi connectivity index (χ0v) is 17.1. The Balaban J connectivity index is 1.57. The number of anilines is 1. The van der Waals surface area contributed by atoms with Crippen LogP contribution in [0.2, 0.25) is 0 Å². The van der Waals surface area contributed by atoms with Crippen molar-refractivity contribution >= 4 is 22.9 Å². The Labute approximate surface area is 173 Å². The number of pyridine rings is 1. The van der Waals surface area contributed by atoms with E-state index in [1.54, 1.807) is 17.6 Å². The molecule has 0 fully saturated rings. The fourth-order valence-corrected chi connectivity index (χ4v) is 3.55. The molecule has 0 aliphatic carbocycles. The highest BCUT2D eigenvalue weighted by molar-refractivity contribution is 5.96. The molecule has 0 saturated heterocycles. The molecule has 0 amide bonds. The van der Waals surface area contributed by atoms with E-state index in [0.29, 0.717) is 41.9 Å². The summed E-state index contributed by atoms with van der Waals surface area (Å²) >= 11 is 0. The van der Waals surface area contributed by atoms with Gasteiger partial charge in [0.15, 0.2) is 0 Å². The summed E-state index contributed by atoms with van der Waals surface area (Å²) in [6, 6.07) is 5.59. The van der Waals surface area contributed by atoms with E-state index < -0.39 is 12.3 Å². The lowest BCUT2D eigenvalue weighted by molar-refractivity contribution is 0.0869. The molecule has 30 heavy (non-hydrogen) atoms. The van der Waals surface area contributed by atoms with Crippen LogP contribution in [0.25, 0.3) is 16.8 Å². The maximum atomic E-state index is 13.0. The second-order valence-electron chi connectivity index (χ2n) is 7.52. The van der Waals surface area contributed by atoms with Gasteiger partial charge in [0.25, 0.3) is 0 Å². The van der Waals surface area contributed by atoms with Gasteiger partial charge in [-0.05, 0) is 39.0 Å². The van der Waals surface area contributed by atoms with Crippen molar-refractivity contribution in [2.45, 2.75) is 45.6 Å². The standard InChI is InChI=1S/C21H24F2N6O/c1-12(2)30-9-7-24-21-25-11-18-14(6-8-29(18)28-21)16-4-5-17-20(27-16)15(10-19(22)23)13(3)26-17/h4-6,8,11-12,15,19H,7,9-10H2,1-3H3,(H,24,28). The summed E-state index contributed by atoms with van der Waals surface area (Å²) in [6.07, 6.45) is 1.05. The first-order valence-electron chi connectivity index (χ1n) is 9.97. The number of hydrogen-bond donors (Lipinski definition) is 1. The molecule has 1 unspecified atom stereocenters. The fraction of sp³-hybridized carbons (Fsp3) is 0.429. The third-order valence-electron chi connectivity index (χ3n) is 4.98. The number of aromatic nitrogens is 4. The molecule has 1 atom stereocenters. The molecule has 3 aromatic heterocycles. The zero-order chi connectivity index (χ0) is 21.3. The van der Waals surface area contributed by atoms with Crippen LogP contribution in [0.5, 0.6) is 0 Å². The molecule has 158 valence electrons. The molecule has 1 N–H and O–H groups in total. The summed E-state index contributed by atoms with van der Waals surface area (Å²) in [5, 5.41) is 7.60. The molecule has 4 heterocycles. The highest BCUT2D eigenvalue weighted by atomic mass is 19.3. The van der Waals surface area contributed by atoms with Gasteiger partial charge in [0.05, 0.1) is 41.5 Å². The number of halogens is 2. The van der Waals surface area contributed by atoms with Gasteiger partial charge in [-0.1, -0.05) is 0 Å². The van der Waals surface area contributed by atoms with Crippen molar-refractivity contribution in [2.75, 3.05) is 18.5 Å². The molecule has 0 bridgehead atoms. The molecule has 4 rings (SSSR count). The number of alkyl halides is 2. The van der Waals surface area contributed by atoms with Crippen molar-refractivity contribution in [3.63, 3.8) is 0 Å². The molecule has 1 aliphatic rings. The lowest BCUT2D eigenvalue weighted by atomic mass is 9.97. The van der Waals surface area contributed by atoms with Crippen LogP contribution >= 0.6 is 0 Å². The molecule has 0 radical (unpaired) electrons. The smallest absolute Gasteiger partial charge is 0.241 e. The minimum atomic E-state index is -2.41. The highest BCUT2D eigenvalue weighted by Gasteiger charge is 2.29. The molecule has 0 spiro atoms. The third-order valence-corrected chi connectivity index (χ3v) is 4.98. The summed E-state index contributed by atoms with van der Waals surface area (Å²) in [5.74, 6) is 0.0499. The highest BCUT2D eigenvalue weighted by Crippen LogP contribution is 2.39. The van der Waals surface area contributed by atoms with Crippen LogP contribution in [0.15, 0.2) is 35.6 Å². The van der Waals surface area contributed by atoms with Gasteiger partial charge in [0, 0.05) is 36.4 Å². The molecule has 3 aromatic rings. The second-order valence-corrected chi connectivity index (χ2v) is 7.52. The van der Waals surface area contributed by atoms with Crippen LogP contribution in [0.3, 0.4) is 0 Å². The SMILES string of the molecule is CC1=Nc2ccc(-c3ccn4nc(NCCOC(C)C)ncc34)nc2C1CC(F)F. The first-order chi connectivity index (χ1) is 14.4. The van der Waals surface area contributed by atoms with Gasteiger partial charge < -0.3 is 10.1 Å². The number of nitrogens with one attached hydrogen (secondary N) is 1. The molecular weight excluding hydrogens is 390 g/mol. The van der Waals surface area contributed by atoms with E-state index in [1.165, 1.54) is 0 Å². The zero-order valence-electron chi connectivity index (χ0n) is 17.1. The Morgan fingerprint density at radius 1 is 1.23 bits per heavy atom. The molecule has 0 saturated carbocycles. The molecule has 0 aromatic carbocycles. The molecule has 1 aliphatic heterocycles. The third kappa shape index (κ3) is 4.16. The van der Waals surface area contributed by atoms with Crippen LogP contribution in [-0.2, 0) is 4.74 Å². The van der Waals surface area contributed by atoms with Crippen molar-refractivity contribution in [2.24, 2.45) is 4.99 Å². The Morgan fingerprint density at radius 3 is 2.83 bits per heavy atom. The van der Waals surface area contributed by atoms with Crippen molar-refractivity contribution in [3.8, 4) is 11.3 Å². The number of hydrogen-bond acceptors (Lipinski definition) is 6. The van der Waals surface area contributed by atoms with Crippen LogP contribution in [-0.4, -0.2) is 51.0 Å². The predicted octanol–water partition coefficient (Wildman–Crippen LogP) is 4.47. The first-order valence-corrected chi connectivity index (χ1v) is 9.97. The van der Waals surface area contributed by atoms with Crippen molar-refractivity contribution in [1.82, 2.24) is 19.6 Å². The fourth-order valence-electron chi connectivity index (χ4n) is 3.55. The van der Waals surface area contributed by atoms with Crippen LogP contribution in [0.1, 0.15) is 38.8 Å². The van der Waals surface area contributed by atoms with E-state index >= 15 is 0 Å². The van der Waals surface area contributed by atoms with E-state index in [1.807, 2.05) is 38.2 Å². The Bertz CT molecular complexity index is 1080. The Morgan fingerprint density at radius 2 is 2.07 bits per heavy atom. The molecule has 7 nitrogen and oxygen atoms in total. The summed E-state index contributed by atoms with van der Waals surface area (Å²) in [6.45, 7) is 6.92. The van der Waals surface area contributed by atoms with Gasteiger partial charge in [-0.25, -0.2) is 23.3 Å². The van der Waals surface area contributed by atoms with Crippen molar-refractivity contribution in [1.29, 1.82) is 0 Å². The van der Waals surface area contributed by atoms with Gasteiger partial charge in [0.1, 0.15) is 0 Å². The number of aliphatic imine (C=N–C) groups is 1. The van der Waals surface area contributed by atoms with Crippen molar-refractivity contribution < 1.29 is 13.5 Å². The average molecular weight is 414 g/mol.